The summed E-state index contributed by atoms with van der Waals surface area (Å²) >= 11 is 0. The van der Waals surface area contributed by atoms with E-state index in [0.717, 1.165) is 22.3 Å². The van der Waals surface area contributed by atoms with Crippen molar-refractivity contribution in [2.24, 2.45) is 0 Å². The Bertz CT molecular complexity index is 983. The second kappa shape index (κ2) is 7.05. The number of aromatic nitrogens is 1. The summed E-state index contributed by atoms with van der Waals surface area (Å²) in [4.78, 5) is 4.64. The molecule has 0 fully saturated rings. The van der Waals surface area contributed by atoms with Crippen LogP contribution in [0.1, 0.15) is 5.69 Å². The summed E-state index contributed by atoms with van der Waals surface area (Å²) < 4.78 is 11.9. The smallest absolute Gasteiger partial charge is 0.169 e. The second-order valence-electron chi connectivity index (χ2n) is 5.65. The molecule has 1 aromatic heterocycles. The quantitative estimate of drug-likeness (QED) is 0.478. The fourth-order valence-corrected chi connectivity index (χ4v) is 2.61. The first kappa shape index (κ1) is 15.2. The third-order valence-corrected chi connectivity index (χ3v) is 3.85. The Kier molecular flexibility index (Phi) is 4.29. The molecule has 4 rings (SSSR count). The van der Waals surface area contributed by atoms with E-state index in [1.807, 2.05) is 78.9 Å². The lowest BCUT2D eigenvalue weighted by Crippen LogP contribution is -1.99. The zero-order valence-electron chi connectivity index (χ0n) is 13.6. The van der Waals surface area contributed by atoms with Crippen molar-refractivity contribution in [1.29, 1.82) is 0 Å². The lowest BCUT2D eigenvalue weighted by atomic mass is 10.2. The molecule has 0 aliphatic carbocycles. The minimum absolute atomic E-state index is 0.389. The standard InChI is InChI=1S/C22H17NO2/c1-2-9-19(10-3-1)25-22-13-7-6-12-21(22)24-16-18-15-14-17-8-4-5-11-20(17)23-18/h1-15H,16H2. The van der Waals surface area contributed by atoms with Gasteiger partial charge in [0.25, 0.3) is 0 Å². The van der Waals surface area contributed by atoms with Crippen LogP contribution in [0.4, 0.5) is 0 Å². The van der Waals surface area contributed by atoms with E-state index in [4.69, 9.17) is 9.47 Å². The van der Waals surface area contributed by atoms with Gasteiger partial charge in [0, 0.05) is 5.39 Å². The third kappa shape index (κ3) is 3.61. The predicted molar refractivity (Wildman–Crippen MR) is 99.0 cm³/mol. The number of nitrogens with zero attached hydrogens (tertiary/aromatic N) is 1. The van der Waals surface area contributed by atoms with Crippen LogP contribution in [0.3, 0.4) is 0 Å². The molecule has 0 aliphatic rings. The van der Waals surface area contributed by atoms with E-state index in [1.165, 1.54) is 0 Å². The first-order valence-corrected chi connectivity index (χ1v) is 8.18. The van der Waals surface area contributed by atoms with Crippen molar-refractivity contribution in [3.63, 3.8) is 0 Å². The number of hydrogen-bond donors (Lipinski definition) is 0. The number of hydrogen-bond acceptors (Lipinski definition) is 3. The maximum absolute atomic E-state index is 5.96. The Morgan fingerprint density at radius 3 is 2.24 bits per heavy atom. The summed E-state index contributed by atoms with van der Waals surface area (Å²) in [6.45, 7) is 0.389. The molecule has 0 N–H and O–H groups in total. The molecular formula is C22H17NO2. The van der Waals surface area contributed by atoms with E-state index < -0.39 is 0 Å². The SMILES string of the molecule is c1ccc(Oc2ccccc2OCc2ccc3ccccc3n2)cc1. The zero-order chi connectivity index (χ0) is 16.9. The van der Waals surface area contributed by atoms with E-state index in [2.05, 4.69) is 17.1 Å². The highest BCUT2D eigenvalue weighted by Gasteiger charge is 2.07. The van der Waals surface area contributed by atoms with Crippen LogP contribution < -0.4 is 9.47 Å². The minimum atomic E-state index is 0.389. The van der Waals surface area contributed by atoms with Crippen LogP contribution in [0.2, 0.25) is 0 Å². The highest BCUT2D eigenvalue weighted by atomic mass is 16.5. The van der Waals surface area contributed by atoms with Crippen molar-refractivity contribution in [2.45, 2.75) is 6.61 Å². The Hall–Kier alpha value is -3.33. The summed E-state index contributed by atoms with van der Waals surface area (Å²) in [6, 6.07) is 29.5. The second-order valence-corrected chi connectivity index (χ2v) is 5.65. The van der Waals surface area contributed by atoms with Gasteiger partial charge in [0.15, 0.2) is 11.5 Å². The maximum Gasteiger partial charge on any atom is 0.169 e. The molecule has 0 saturated carbocycles. The summed E-state index contributed by atoms with van der Waals surface area (Å²) in [6.07, 6.45) is 0. The molecule has 0 atom stereocenters. The van der Waals surface area contributed by atoms with Gasteiger partial charge in [-0.05, 0) is 36.4 Å². The van der Waals surface area contributed by atoms with E-state index in [1.54, 1.807) is 0 Å². The van der Waals surface area contributed by atoms with Gasteiger partial charge in [0.1, 0.15) is 12.4 Å². The molecule has 3 heteroatoms. The molecule has 25 heavy (non-hydrogen) atoms. The van der Waals surface area contributed by atoms with Gasteiger partial charge in [-0.2, -0.15) is 0 Å². The molecule has 0 spiro atoms. The summed E-state index contributed by atoms with van der Waals surface area (Å²) in [5.41, 5.74) is 1.85. The summed E-state index contributed by atoms with van der Waals surface area (Å²) in [5, 5.41) is 1.12. The maximum atomic E-state index is 5.96. The van der Waals surface area contributed by atoms with Crippen LogP contribution in [-0.4, -0.2) is 4.98 Å². The molecule has 0 bridgehead atoms. The molecule has 4 aromatic rings. The Balaban J connectivity index is 1.52. The minimum Gasteiger partial charge on any atom is -0.483 e. The molecule has 1 heterocycles. The molecule has 0 radical (unpaired) electrons. The lowest BCUT2D eigenvalue weighted by Gasteiger charge is -2.12. The fraction of sp³-hybridized carbons (Fsp3) is 0.0455. The van der Waals surface area contributed by atoms with E-state index in [-0.39, 0.29) is 0 Å². The van der Waals surface area contributed by atoms with Crippen LogP contribution in [-0.2, 0) is 6.61 Å². The van der Waals surface area contributed by atoms with Crippen molar-refractivity contribution < 1.29 is 9.47 Å². The average molecular weight is 327 g/mol. The molecule has 3 aromatic carbocycles. The summed E-state index contributed by atoms with van der Waals surface area (Å²) in [5.74, 6) is 2.16. The average Bonchev–Trinajstić information content (AvgIpc) is 2.68. The number of fused-ring (bicyclic) bond motifs is 1. The van der Waals surface area contributed by atoms with Gasteiger partial charge in [-0.3, -0.25) is 0 Å². The molecule has 122 valence electrons. The van der Waals surface area contributed by atoms with Crippen molar-refractivity contribution >= 4 is 10.9 Å². The summed E-state index contributed by atoms with van der Waals surface area (Å²) in [7, 11) is 0. The van der Waals surface area contributed by atoms with Gasteiger partial charge in [-0.1, -0.05) is 54.6 Å². The third-order valence-electron chi connectivity index (χ3n) is 3.85. The van der Waals surface area contributed by atoms with E-state index in [0.29, 0.717) is 18.1 Å². The van der Waals surface area contributed by atoms with Crippen LogP contribution in [0.15, 0.2) is 91.0 Å². The molecule has 3 nitrogen and oxygen atoms in total. The zero-order valence-corrected chi connectivity index (χ0v) is 13.6. The molecule has 0 saturated heterocycles. The lowest BCUT2D eigenvalue weighted by molar-refractivity contribution is 0.287. The van der Waals surface area contributed by atoms with Crippen molar-refractivity contribution in [2.75, 3.05) is 0 Å². The monoisotopic (exact) mass is 327 g/mol. The highest BCUT2D eigenvalue weighted by molar-refractivity contribution is 5.78. The molecular weight excluding hydrogens is 310 g/mol. The van der Waals surface area contributed by atoms with Crippen molar-refractivity contribution in [3.8, 4) is 17.2 Å². The fourth-order valence-electron chi connectivity index (χ4n) is 2.61. The van der Waals surface area contributed by atoms with Crippen LogP contribution in [0.5, 0.6) is 17.2 Å². The largest absolute Gasteiger partial charge is 0.483 e. The number of rotatable bonds is 5. The number of para-hydroxylation sites is 4. The van der Waals surface area contributed by atoms with E-state index >= 15 is 0 Å². The first-order chi connectivity index (χ1) is 12.4. The Morgan fingerprint density at radius 2 is 1.36 bits per heavy atom. The van der Waals surface area contributed by atoms with Crippen molar-refractivity contribution in [3.05, 3.63) is 96.7 Å². The van der Waals surface area contributed by atoms with Gasteiger partial charge in [0.05, 0.1) is 11.2 Å². The van der Waals surface area contributed by atoms with Crippen LogP contribution in [0, 0.1) is 0 Å². The van der Waals surface area contributed by atoms with Gasteiger partial charge < -0.3 is 9.47 Å². The van der Waals surface area contributed by atoms with Crippen LogP contribution >= 0.6 is 0 Å². The Labute approximate surface area is 146 Å². The first-order valence-electron chi connectivity index (χ1n) is 8.18. The van der Waals surface area contributed by atoms with Gasteiger partial charge >= 0.3 is 0 Å². The highest BCUT2D eigenvalue weighted by Crippen LogP contribution is 2.31. The molecule has 0 unspecified atom stereocenters. The number of pyridine rings is 1. The van der Waals surface area contributed by atoms with Gasteiger partial charge in [-0.15, -0.1) is 0 Å². The van der Waals surface area contributed by atoms with Gasteiger partial charge in [0.2, 0.25) is 0 Å². The van der Waals surface area contributed by atoms with Crippen molar-refractivity contribution in [1.82, 2.24) is 4.98 Å². The number of benzene rings is 3. The van der Waals surface area contributed by atoms with E-state index in [9.17, 15) is 0 Å². The molecule has 0 amide bonds. The van der Waals surface area contributed by atoms with Crippen LogP contribution in [0.25, 0.3) is 10.9 Å². The molecule has 0 aliphatic heterocycles. The Morgan fingerprint density at radius 1 is 0.640 bits per heavy atom. The van der Waals surface area contributed by atoms with Gasteiger partial charge in [-0.25, -0.2) is 4.98 Å². The number of ether oxygens (including phenoxy) is 2. The predicted octanol–water partition coefficient (Wildman–Crippen LogP) is 5.61. The normalized spacial score (nSPS) is 10.6. The topological polar surface area (TPSA) is 31.4 Å².